The highest BCUT2D eigenvalue weighted by Crippen LogP contribution is 2.07. The quantitative estimate of drug-likeness (QED) is 0.676. The predicted molar refractivity (Wildman–Crippen MR) is 78.6 cm³/mol. The van der Waals surface area contributed by atoms with Gasteiger partial charge in [0.25, 0.3) is 10.0 Å². The molecule has 0 radical (unpaired) electrons. The lowest BCUT2D eigenvalue weighted by Gasteiger charge is -2.07. The van der Waals surface area contributed by atoms with E-state index < -0.39 is 16.0 Å². The standard InChI is InChI=1S/C13H14N4O4S/c18-13(19)9-15-11-5-3-4-10(17-11)8-16-22(20,21)12-6-1-2-7-14-12/h1-7,16H,8-9H2,(H,15,17)(H,18,19). The molecular formula is C13H14N4O4S. The van der Waals surface area contributed by atoms with Gasteiger partial charge in [-0.25, -0.2) is 23.1 Å². The largest absolute Gasteiger partial charge is 0.480 e. The van der Waals surface area contributed by atoms with Gasteiger partial charge in [0.2, 0.25) is 0 Å². The first-order valence-electron chi connectivity index (χ1n) is 6.30. The van der Waals surface area contributed by atoms with E-state index in [0.29, 0.717) is 11.5 Å². The third kappa shape index (κ3) is 4.50. The van der Waals surface area contributed by atoms with Crippen LogP contribution in [0, 0.1) is 0 Å². The van der Waals surface area contributed by atoms with Gasteiger partial charge in [0.15, 0.2) is 5.03 Å². The average molecular weight is 322 g/mol. The Bertz CT molecular complexity index is 750. The first-order valence-corrected chi connectivity index (χ1v) is 7.78. The Morgan fingerprint density at radius 1 is 1.18 bits per heavy atom. The van der Waals surface area contributed by atoms with Gasteiger partial charge < -0.3 is 10.4 Å². The number of nitrogens with zero attached hydrogens (tertiary/aromatic N) is 2. The Hall–Kier alpha value is -2.52. The van der Waals surface area contributed by atoms with Crippen molar-refractivity contribution < 1.29 is 18.3 Å². The normalized spacial score (nSPS) is 11.1. The van der Waals surface area contributed by atoms with E-state index in [9.17, 15) is 13.2 Å². The molecule has 9 heteroatoms. The number of rotatable bonds is 7. The minimum absolute atomic E-state index is 0.0263. The fourth-order valence-electron chi connectivity index (χ4n) is 1.59. The van der Waals surface area contributed by atoms with Crippen molar-refractivity contribution in [1.82, 2.24) is 14.7 Å². The maximum atomic E-state index is 12.0. The molecule has 0 aliphatic carbocycles. The number of hydrogen-bond donors (Lipinski definition) is 3. The van der Waals surface area contributed by atoms with Crippen LogP contribution in [0.15, 0.2) is 47.6 Å². The van der Waals surface area contributed by atoms with Gasteiger partial charge in [-0.15, -0.1) is 0 Å². The van der Waals surface area contributed by atoms with Crippen LogP contribution in [0.1, 0.15) is 5.69 Å². The maximum Gasteiger partial charge on any atom is 0.322 e. The van der Waals surface area contributed by atoms with Gasteiger partial charge in [0, 0.05) is 6.20 Å². The van der Waals surface area contributed by atoms with Crippen molar-refractivity contribution in [2.24, 2.45) is 0 Å². The van der Waals surface area contributed by atoms with Gasteiger partial charge in [0.05, 0.1) is 12.2 Å². The fourth-order valence-corrected chi connectivity index (χ4v) is 2.53. The highest BCUT2D eigenvalue weighted by Gasteiger charge is 2.14. The summed E-state index contributed by atoms with van der Waals surface area (Å²) in [7, 11) is -3.71. The molecule has 22 heavy (non-hydrogen) atoms. The van der Waals surface area contributed by atoms with E-state index >= 15 is 0 Å². The van der Waals surface area contributed by atoms with Crippen molar-refractivity contribution >= 4 is 21.8 Å². The molecule has 0 amide bonds. The lowest BCUT2D eigenvalue weighted by Crippen LogP contribution is -2.24. The Morgan fingerprint density at radius 2 is 2.00 bits per heavy atom. The number of aliphatic carboxylic acids is 1. The monoisotopic (exact) mass is 322 g/mol. The fraction of sp³-hybridized carbons (Fsp3) is 0.154. The zero-order valence-corrected chi connectivity index (χ0v) is 12.2. The molecule has 2 aromatic rings. The minimum atomic E-state index is -3.71. The molecule has 0 atom stereocenters. The Labute approximate surface area is 127 Å². The van der Waals surface area contributed by atoms with Crippen LogP contribution in [0.5, 0.6) is 0 Å². The second-order valence-electron chi connectivity index (χ2n) is 4.25. The van der Waals surface area contributed by atoms with E-state index in [4.69, 9.17) is 5.11 Å². The molecule has 0 spiro atoms. The summed E-state index contributed by atoms with van der Waals surface area (Å²) >= 11 is 0. The van der Waals surface area contributed by atoms with E-state index in [-0.39, 0.29) is 18.1 Å². The van der Waals surface area contributed by atoms with Crippen LogP contribution in [0.25, 0.3) is 0 Å². The topological polar surface area (TPSA) is 121 Å². The Balaban J connectivity index is 2.02. The zero-order valence-electron chi connectivity index (χ0n) is 11.4. The first-order chi connectivity index (χ1) is 10.5. The molecule has 0 aromatic carbocycles. The SMILES string of the molecule is O=C(O)CNc1cccc(CNS(=O)(=O)c2ccccn2)n1. The molecule has 0 bridgehead atoms. The van der Waals surface area contributed by atoms with E-state index in [1.54, 1.807) is 30.3 Å². The van der Waals surface area contributed by atoms with Crippen molar-refractivity contribution in [3.05, 3.63) is 48.3 Å². The lowest BCUT2D eigenvalue weighted by molar-refractivity contribution is -0.134. The molecule has 0 fully saturated rings. The number of carboxylic acid groups (broad SMARTS) is 1. The van der Waals surface area contributed by atoms with Gasteiger partial charge in [-0.2, -0.15) is 0 Å². The molecule has 0 saturated carbocycles. The van der Waals surface area contributed by atoms with Gasteiger partial charge in [-0.3, -0.25) is 4.79 Å². The predicted octanol–water partition coefficient (Wildman–Crippen LogP) is 0.452. The molecule has 3 N–H and O–H groups in total. The summed E-state index contributed by atoms with van der Waals surface area (Å²) in [5.74, 6) is -0.653. The Kier molecular flexibility index (Phi) is 5.02. The van der Waals surface area contributed by atoms with Crippen molar-refractivity contribution in [1.29, 1.82) is 0 Å². The third-order valence-corrected chi connectivity index (χ3v) is 3.90. The second-order valence-corrected chi connectivity index (χ2v) is 5.97. The molecular weight excluding hydrogens is 308 g/mol. The summed E-state index contributed by atoms with van der Waals surface area (Å²) in [6.07, 6.45) is 1.39. The van der Waals surface area contributed by atoms with Crippen LogP contribution in [-0.4, -0.2) is 36.0 Å². The van der Waals surface area contributed by atoms with E-state index in [1.807, 2.05) is 0 Å². The van der Waals surface area contributed by atoms with Crippen molar-refractivity contribution in [3.8, 4) is 0 Å². The van der Waals surface area contributed by atoms with Gasteiger partial charge in [-0.05, 0) is 24.3 Å². The molecule has 2 aromatic heterocycles. The van der Waals surface area contributed by atoms with Crippen LogP contribution in [0.4, 0.5) is 5.82 Å². The summed E-state index contributed by atoms with van der Waals surface area (Å²) in [6, 6.07) is 9.48. The van der Waals surface area contributed by atoms with Crippen molar-refractivity contribution in [3.63, 3.8) is 0 Å². The summed E-state index contributed by atoms with van der Waals surface area (Å²) in [6.45, 7) is -0.294. The second kappa shape index (κ2) is 6.96. The summed E-state index contributed by atoms with van der Waals surface area (Å²) < 4.78 is 26.4. The number of anilines is 1. The van der Waals surface area contributed by atoms with E-state index in [1.165, 1.54) is 12.3 Å². The van der Waals surface area contributed by atoms with Gasteiger partial charge >= 0.3 is 5.97 Å². The van der Waals surface area contributed by atoms with Crippen LogP contribution in [-0.2, 0) is 21.4 Å². The molecule has 2 rings (SSSR count). The number of carbonyl (C=O) groups is 1. The van der Waals surface area contributed by atoms with E-state index in [2.05, 4.69) is 20.0 Å². The minimum Gasteiger partial charge on any atom is -0.480 e. The van der Waals surface area contributed by atoms with E-state index in [0.717, 1.165) is 0 Å². The maximum absolute atomic E-state index is 12.0. The molecule has 0 unspecified atom stereocenters. The first kappa shape index (κ1) is 15.9. The highest BCUT2D eigenvalue weighted by molar-refractivity contribution is 7.89. The van der Waals surface area contributed by atoms with Gasteiger partial charge in [0.1, 0.15) is 12.4 Å². The summed E-state index contributed by atoms with van der Waals surface area (Å²) in [4.78, 5) is 18.4. The molecule has 8 nitrogen and oxygen atoms in total. The van der Waals surface area contributed by atoms with Crippen molar-refractivity contribution in [2.75, 3.05) is 11.9 Å². The summed E-state index contributed by atoms with van der Waals surface area (Å²) in [5, 5.41) is 11.1. The van der Waals surface area contributed by atoms with Gasteiger partial charge in [-0.1, -0.05) is 12.1 Å². The molecule has 0 aliphatic heterocycles. The highest BCUT2D eigenvalue weighted by atomic mass is 32.2. The zero-order chi connectivity index (χ0) is 16.0. The lowest BCUT2D eigenvalue weighted by atomic mass is 10.3. The number of nitrogens with one attached hydrogen (secondary N) is 2. The number of sulfonamides is 1. The van der Waals surface area contributed by atoms with Crippen LogP contribution in [0.2, 0.25) is 0 Å². The molecule has 0 saturated heterocycles. The number of pyridine rings is 2. The van der Waals surface area contributed by atoms with Crippen LogP contribution in [0.3, 0.4) is 0 Å². The molecule has 0 aliphatic rings. The number of hydrogen-bond acceptors (Lipinski definition) is 6. The Morgan fingerprint density at radius 3 is 2.68 bits per heavy atom. The number of carboxylic acids is 1. The molecule has 2 heterocycles. The van der Waals surface area contributed by atoms with Crippen LogP contribution >= 0.6 is 0 Å². The van der Waals surface area contributed by atoms with Crippen LogP contribution < -0.4 is 10.0 Å². The van der Waals surface area contributed by atoms with Crippen molar-refractivity contribution in [2.45, 2.75) is 11.6 Å². The summed E-state index contributed by atoms with van der Waals surface area (Å²) in [5.41, 5.74) is 0.454. The smallest absolute Gasteiger partial charge is 0.322 e. The molecule has 116 valence electrons. The third-order valence-electron chi connectivity index (χ3n) is 2.58. The average Bonchev–Trinajstić information content (AvgIpc) is 2.52. The number of aromatic nitrogens is 2.